The van der Waals surface area contributed by atoms with E-state index in [4.69, 9.17) is 9.47 Å². The molecule has 2 heterocycles. The van der Waals surface area contributed by atoms with Gasteiger partial charge in [0.1, 0.15) is 16.4 Å². The fraction of sp³-hybridized carbons (Fsp3) is 0.368. The lowest BCUT2D eigenvalue weighted by atomic mass is 9.98. The monoisotopic (exact) mass is 405 g/mol. The van der Waals surface area contributed by atoms with Crippen LogP contribution >= 0.6 is 0 Å². The van der Waals surface area contributed by atoms with E-state index in [9.17, 15) is 13.2 Å². The maximum atomic E-state index is 12.8. The quantitative estimate of drug-likeness (QED) is 0.791. The van der Waals surface area contributed by atoms with Crippen molar-refractivity contribution in [3.63, 3.8) is 0 Å². The highest BCUT2D eigenvalue weighted by molar-refractivity contribution is 7.89. The summed E-state index contributed by atoms with van der Waals surface area (Å²) in [6, 6.07) is 8.17. The van der Waals surface area contributed by atoms with Crippen LogP contribution in [0.4, 0.5) is 5.69 Å². The molecule has 3 rings (SSSR count). The highest BCUT2D eigenvalue weighted by atomic mass is 32.2. The van der Waals surface area contributed by atoms with Crippen molar-refractivity contribution >= 4 is 21.6 Å². The van der Waals surface area contributed by atoms with Gasteiger partial charge in [0.2, 0.25) is 15.9 Å². The Hall–Kier alpha value is -2.65. The normalized spacial score (nSPS) is 17.7. The Labute approximate surface area is 164 Å². The second kappa shape index (κ2) is 8.57. The Morgan fingerprint density at radius 2 is 1.93 bits per heavy atom. The molecule has 1 aromatic heterocycles. The zero-order chi connectivity index (χ0) is 20.1. The molecule has 28 heavy (non-hydrogen) atoms. The number of hydrogen-bond acceptors (Lipinski definition) is 6. The summed E-state index contributed by atoms with van der Waals surface area (Å²) in [6.07, 6.45) is 4.07. The van der Waals surface area contributed by atoms with Crippen molar-refractivity contribution in [1.82, 2.24) is 9.29 Å². The van der Waals surface area contributed by atoms with Crippen LogP contribution in [0.1, 0.15) is 12.8 Å². The van der Waals surface area contributed by atoms with Crippen LogP contribution in [0.3, 0.4) is 0 Å². The van der Waals surface area contributed by atoms with Crippen LogP contribution in [0, 0.1) is 5.92 Å². The highest BCUT2D eigenvalue weighted by Gasteiger charge is 2.33. The molecule has 1 N–H and O–H groups in total. The second-order valence-electron chi connectivity index (χ2n) is 6.48. The summed E-state index contributed by atoms with van der Waals surface area (Å²) in [4.78, 5) is 16.8. The molecule has 0 saturated carbocycles. The molecule has 1 unspecified atom stereocenters. The fourth-order valence-electron chi connectivity index (χ4n) is 3.15. The van der Waals surface area contributed by atoms with Gasteiger partial charge in [-0.2, -0.15) is 4.31 Å². The van der Waals surface area contributed by atoms with Gasteiger partial charge >= 0.3 is 0 Å². The lowest BCUT2D eigenvalue weighted by Crippen LogP contribution is -2.43. The van der Waals surface area contributed by atoms with Crippen molar-refractivity contribution in [3.8, 4) is 11.5 Å². The molecule has 1 saturated heterocycles. The van der Waals surface area contributed by atoms with Crippen LogP contribution in [0.25, 0.3) is 0 Å². The number of aromatic nitrogens is 1. The SMILES string of the molecule is COc1cc(NC(=O)C2CCCN(S(=O)(=O)c3cccnc3)C2)cc(OC)c1. The number of amides is 1. The average molecular weight is 405 g/mol. The number of hydrogen-bond donors (Lipinski definition) is 1. The molecule has 0 radical (unpaired) electrons. The van der Waals surface area contributed by atoms with Crippen molar-refractivity contribution in [3.05, 3.63) is 42.7 Å². The van der Waals surface area contributed by atoms with E-state index in [-0.39, 0.29) is 17.3 Å². The van der Waals surface area contributed by atoms with E-state index in [1.807, 2.05) is 0 Å². The predicted octanol–water partition coefficient (Wildman–Crippen LogP) is 2.14. The molecule has 150 valence electrons. The van der Waals surface area contributed by atoms with E-state index in [1.54, 1.807) is 24.3 Å². The van der Waals surface area contributed by atoms with Crippen molar-refractivity contribution in [2.24, 2.45) is 5.92 Å². The number of nitrogens with zero attached hydrogens (tertiary/aromatic N) is 2. The molecule has 1 atom stereocenters. The van der Waals surface area contributed by atoms with Crippen molar-refractivity contribution < 1.29 is 22.7 Å². The Balaban J connectivity index is 1.73. The predicted molar refractivity (Wildman–Crippen MR) is 104 cm³/mol. The fourth-order valence-corrected chi connectivity index (χ4v) is 4.64. The summed E-state index contributed by atoms with van der Waals surface area (Å²) in [6.45, 7) is 0.512. The third-order valence-corrected chi connectivity index (χ3v) is 6.49. The van der Waals surface area contributed by atoms with Gasteiger partial charge in [-0.25, -0.2) is 8.42 Å². The van der Waals surface area contributed by atoms with Crippen LogP contribution in [0.15, 0.2) is 47.6 Å². The van der Waals surface area contributed by atoms with E-state index < -0.39 is 15.9 Å². The first-order chi connectivity index (χ1) is 13.4. The van der Waals surface area contributed by atoms with Gasteiger partial charge in [-0.15, -0.1) is 0 Å². The Bertz CT molecular complexity index is 912. The van der Waals surface area contributed by atoms with E-state index in [0.29, 0.717) is 36.6 Å². The standard InChI is InChI=1S/C19H23N3O5S/c1-26-16-9-15(10-17(11-16)27-2)21-19(23)14-5-4-8-22(13-14)28(24,25)18-6-3-7-20-12-18/h3,6-7,9-12,14H,4-5,8,13H2,1-2H3,(H,21,23). The molecule has 1 aliphatic heterocycles. The molecule has 9 heteroatoms. The van der Waals surface area contributed by atoms with Crippen LogP contribution in [0.2, 0.25) is 0 Å². The minimum atomic E-state index is -3.67. The maximum Gasteiger partial charge on any atom is 0.244 e. The van der Waals surface area contributed by atoms with Crippen molar-refractivity contribution in [2.75, 3.05) is 32.6 Å². The molecule has 0 aliphatic carbocycles. The van der Waals surface area contributed by atoms with Crippen LogP contribution in [-0.2, 0) is 14.8 Å². The summed E-state index contributed by atoms with van der Waals surface area (Å²) in [7, 11) is -0.611. The summed E-state index contributed by atoms with van der Waals surface area (Å²) in [5.41, 5.74) is 0.536. The summed E-state index contributed by atoms with van der Waals surface area (Å²) < 4.78 is 37.4. The Morgan fingerprint density at radius 1 is 1.21 bits per heavy atom. The van der Waals surface area contributed by atoms with Gasteiger partial charge in [0, 0.05) is 49.4 Å². The summed E-state index contributed by atoms with van der Waals surface area (Å²) in [5, 5.41) is 2.84. The number of anilines is 1. The average Bonchev–Trinajstić information content (AvgIpc) is 2.74. The molecule has 1 fully saturated rings. The molecule has 1 amide bonds. The molecular formula is C19H23N3O5S. The zero-order valence-electron chi connectivity index (χ0n) is 15.8. The first-order valence-electron chi connectivity index (χ1n) is 8.88. The number of pyridine rings is 1. The Morgan fingerprint density at radius 3 is 2.54 bits per heavy atom. The largest absolute Gasteiger partial charge is 0.497 e. The topological polar surface area (TPSA) is 97.8 Å². The van der Waals surface area contributed by atoms with E-state index in [1.165, 1.54) is 37.0 Å². The molecule has 2 aromatic rings. The van der Waals surface area contributed by atoms with Gasteiger partial charge in [-0.05, 0) is 25.0 Å². The van der Waals surface area contributed by atoms with Crippen LogP contribution in [-0.4, -0.2) is 50.9 Å². The highest BCUT2D eigenvalue weighted by Crippen LogP contribution is 2.28. The molecule has 0 spiro atoms. The number of carbonyl (C=O) groups excluding carboxylic acids is 1. The summed E-state index contributed by atoms with van der Waals surface area (Å²) >= 11 is 0. The second-order valence-corrected chi connectivity index (χ2v) is 8.42. The number of rotatable bonds is 6. The number of ether oxygens (including phenoxy) is 2. The first-order valence-corrected chi connectivity index (χ1v) is 10.3. The lowest BCUT2D eigenvalue weighted by Gasteiger charge is -2.31. The smallest absolute Gasteiger partial charge is 0.244 e. The molecule has 8 nitrogen and oxygen atoms in total. The van der Waals surface area contributed by atoms with Gasteiger partial charge < -0.3 is 14.8 Å². The zero-order valence-corrected chi connectivity index (χ0v) is 16.6. The van der Waals surface area contributed by atoms with E-state index in [0.717, 1.165) is 0 Å². The van der Waals surface area contributed by atoms with Crippen LogP contribution < -0.4 is 14.8 Å². The molecule has 1 aliphatic rings. The maximum absolute atomic E-state index is 12.8. The summed E-state index contributed by atoms with van der Waals surface area (Å²) in [5.74, 6) is 0.428. The number of nitrogens with one attached hydrogen (secondary N) is 1. The number of carbonyl (C=O) groups is 1. The minimum absolute atomic E-state index is 0.129. The number of sulfonamides is 1. The van der Waals surface area contributed by atoms with Gasteiger partial charge in [0.05, 0.1) is 20.1 Å². The molecule has 1 aromatic carbocycles. The minimum Gasteiger partial charge on any atom is -0.497 e. The Kier molecular flexibility index (Phi) is 6.15. The van der Waals surface area contributed by atoms with E-state index in [2.05, 4.69) is 10.3 Å². The first kappa shape index (κ1) is 20.1. The van der Waals surface area contributed by atoms with Crippen LogP contribution in [0.5, 0.6) is 11.5 Å². The third-order valence-electron chi connectivity index (χ3n) is 4.65. The third kappa shape index (κ3) is 4.42. The van der Waals surface area contributed by atoms with Gasteiger partial charge in [0.15, 0.2) is 0 Å². The molecular weight excluding hydrogens is 382 g/mol. The van der Waals surface area contributed by atoms with Crippen molar-refractivity contribution in [2.45, 2.75) is 17.7 Å². The van der Waals surface area contributed by atoms with Gasteiger partial charge in [-0.1, -0.05) is 0 Å². The van der Waals surface area contributed by atoms with Gasteiger partial charge in [0.25, 0.3) is 0 Å². The van der Waals surface area contributed by atoms with E-state index >= 15 is 0 Å². The molecule has 0 bridgehead atoms. The number of piperidine rings is 1. The number of methoxy groups -OCH3 is 2. The van der Waals surface area contributed by atoms with Crippen molar-refractivity contribution in [1.29, 1.82) is 0 Å². The van der Waals surface area contributed by atoms with Gasteiger partial charge in [-0.3, -0.25) is 9.78 Å². The lowest BCUT2D eigenvalue weighted by molar-refractivity contribution is -0.120. The number of benzene rings is 1.